The molecule has 3 rings (SSSR count). The van der Waals surface area contributed by atoms with Crippen LogP contribution in [0.5, 0.6) is 0 Å². The second kappa shape index (κ2) is 9.77. The minimum absolute atomic E-state index is 0.127. The molecule has 0 saturated heterocycles. The molecule has 0 aliphatic rings. The van der Waals surface area contributed by atoms with E-state index in [2.05, 4.69) is 20.3 Å². The summed E-state index contributed by atoms with van der Waals surface area (Å²) in [4.78, 5) is 61.7. The van der Waals surface area contributed by atoms with Gasteiger partial charge in [0, 0.05) is 31.7 Å². The first-order valence-electron chi connectivity index (χ1n) is 10.3. The van der Waals surface area contributed by atoms with Crippen LogP contribution in [-0.2, 0) is 9.53 Å². The Labute approximate surface area is 203 Å². The predicted molar refractivity (Wildman–Crippen MR) is 126 cm³/mol. The van der Waals surface area contributed by atoms with Crippen LogP contribution >= 0.6 is 0 Å². The SMILES string of the molecule is CN(C(=O)OC(C)(C)C)c1cc(Nc2nccn(-c3ncccc3F)c2=O)nc(C(=O)C(=O)O)c1N. The van der Waals surface area contributed by atoms with Crippen molar-refractivity contribution in [1.29, 1.82) is 0 Å². The van der Waals surface area contributed by atoms with Crippen molar-refractivity contribution in [3.63, 3.8) is 0 Å². The van der Waals surface area contributed by atoms with Gasteiger partial charge in [0.2, 0.25) is 0 Å². The van der Waals surface area contributed by atoms with E-state index in [9.17, 15) is 28.7 Å². The van der Waals surface area contributed by atoms with Crippen molar-refractivity contribution in [2.75, 3.05) is 23.0 Å². The van der Waals surface area contributed by atoms with Gasteiger partial charge in [-0.15, -0.1) is 0 Å². The molecule has 0 fully saturated rings. The van der Waals surface area contributed by atoms with Crippen molar-refractivity contribution < 1.29 is 28.6 Å². The molecule has 13 nitrogen and oxygen atoms in total. The zero-order valence-electron chi connectivity index (χ0n) is 19.6. The molecule has 0 atom stereocenters. The van der Waals surface area contributed by atoms with E-state index in [-0.39, 0.29) is 23.1 Å². The topological polar surface area (TPSA) is 183 Å². The van der Waals surface area contributed by atoms with Crippen LogP contribution in [0.1, 0.15) is 31.3 Å². The number of nitrogen functional groups attached to an aromatic ring is 1. The molecule has 0 saturated carbocycles. The Kier molecular flexibility index (Phi) is 6.99. The lowest BCUT2D eigenvalue weighted by Gasteiger charge is -2.26. The van der Waals surface area contributed by atoms with Gasteiger partial charge in [-0.25, -0.2) is 28.9 Å². The lowest BCUT2D eigenvalue weighted by atomic mass is 10.1. The highest BCUT2D eigenvalue weighted by Crippen LogP contribution is 2.30. The second-order valence-electron chi connectivity index (χ2n) is 8.35. The summed E-state index contributed by atoms with van der Waals surface area (Å²) < 4.78 is 20.4. The van der Waals surface area contributed by atoms with Gasteiger partial charge in [0.1, 0.15) is 17.1 Å². The maximum atomic E-state index is 14.2. The number of Topliss-reactive ketones (excluding diaryl/α,β-unsaturated/α-hetero) is 1. The van der Waals surface area contributed by atoms with Crippen molar-refractivity contribution in [2.45, 2.75) is 26.4 Å². The van der Waals surface area contributed by atoms with Crippen molar-refractivity contribution in [3.8, 4) is 5.82 Å². The predicted octanol–water partition coefficient (Wildman–Crippen LogP) is 2.13. The number of ether oxygens (including phenoxy) is 1. The summed E-state index contributed by atoms with van der Waals surface area (Å²) in [6, 6.07) is 3.66. The Bertz CT molecular complexity index is 1420. The number of carboxylic acids is 1. The number of anilines is 4. The van der Waals surface area contributed by atoms with Gasteiger partial charge in [-0.3, -0.25) is 19.1 Å². The number of halogens is 1. The summed E-state index contributed by atoms with van der Waals surface area (Å²) in [5.41, 5.74) is 3.06. The van der Waals surface area contributed by atoms with E-state index in [1.54, 1.807) is 20.8 Å². The van der Waals surface area contributed by atoms with Crippen molar-refractivity contribution in [3.05, 3.63) is 58.7 Å². The Morgan fingerprint density at radius 1 is 1.22 bits per heavy atom. The number of nitrogens with two attached hydrogens (primary N) is 1. The largest absolute Gasteiger partial charge is 0.475 e. The first kappa shape index (κ1) is 25.7. The fourth-order valence-electron chi connectivity index (χ4n) is 2.93. The number of nitrogens with one attached hydrogen (secondary N) is 1. The molecule has 3 aromatic heterocycles. The summed E-state index contributed by atoms with van der Waals surface area (Å²) in [6.45, 7) is 4.91. The van der Waals surface area contributed by atoms with Crippen LogP contribution < -0.4 is 21.5 Å². The molecule has 1 amide bonds. The van der Waals surface area contributed by atoms with Gasteiger partial charge in [-0.05, 0) is 32.9 Å². The van der Waals surface area contributed by atoms with Crippen LogP contribution in [-0.4, -0.2) is 55.1 Å². The Balaban J connectivity index is 2.11. The number of nitrogens with zero attached hydrogens (tertiary/aromatic N) is 5. The van der Waals surface area contributed by atoms with Gasteiger partial charge in [0.15, 0.2) is 17.5 Å². The molecule has 36 heavy (non-hydrogen) atoms. The molecule has 0 aliphatic heterocycles. The number of carbonyl (C=O) groups excluding carboxylic acids is 2. The number of pyridine rings is 2. The van der Waals surface area contributed by atoms with E-state index in [0.717, 1.165) is 15.5 Å². The molecule has 4 N–H and O–H groups in total. The minimum atomic E-state index is -1.84. The van der Waals surface area contributed by atoms with E-state index in [1.165, 1.54) is 37.8 Å². The van der Waals surface area contributed by atoms with Crippen molar-refractivity contribution in [2.24, 2.45) is 0 Å². The summed E-state index contributed by atoms with van der Waals surface area (Å²) in [7, 11) is 1.29. The zero-order chi connectivity index (χ0) is 26.8. The summed E-state index contributed by atoms with van der Waals surface area (Å²) in [6.07, 6.45) is 2.82. The van der Waals surface area contributed by atoms with Crippen LogP contribution in [0.2, 0.25) is 0 Å². The zero-order valence-corrected chi connectivity index (χ0v) is 19.6. The molecule has 0 aromatic carbocycles. The number of aromatic nitrogens is 4. The van der Waals surface area contributed by atoms with Gasteiger partial charge in [0.25, 0.3) is 11.3 Å². The van der Waals surface area contributed by atoms with E-state index in [4.69, 9.17) is 10.5 Å². The molecule has 3 heterocycles. The van der Waals surface area contributed by atoms with Gasteiger partial charge in [-0.2, -0.15) is 0 Å². The third-order valence-electron chi connectivity index (χ3n) is 4.53. The number of carbonyl (C=O) groups is 3. The van der Waals surface area contributed by atoms with Crippen molar-refractivity contribution in [1.82, 2.24) is 19.5 Å². The normalized spacial score (nSPS) is 11.0. The van der Waals surface area contributed by atoms with Gasteiger partial charge < -0.3 is 20.9 Å². The molecular weight excluding hydrogens is 477 g/mol. The molecule has 14 heteroatoms. The molecular formula is C22H22FN7O6. The molecule has 0 unspecified atom stereocenters. The highest BCUT2D eigenvalue weighted by atomic mass is 19.1. The van der Waals surface area contributed by atoms with Crippen LogP contribution in [0.3, 0.4) is 0 Å². The number of aliphatic carboxylic acids is 1. The molecule has 0 radical (unpaired) electrons. The first-order valence-corrected chi connectivity index (χ1v) is 10.3. The third-order valence-corrected chi connectivity index (χ3v) is 4.53. The van der Waals surface area contributed by atoms with Gasteiger partial charge in [-0.1, -0.05) is 0 Å². The third kappa shape index (κ3) is 5.43. The number of ketones is 1. The van der Waals surface area contributed by atoms with Gasteiger partial charge in [0.05, 0.1) is 11.4 Å². The molecule has 0 spiro atoms. The standard InChI is InChI=1S/C22H22FN7O6/c1-22(2,3)36-21(35)29(4)12-10-13(27-15(14(12)24)16(31)20(33)34)28-17-19(32)30(9-8-25-17)18-11(23)6-5-7-26-18/h5-10H,24H2,1-4H3,(H,33,34)(H,25,27,28). The van der Waals surface area contributed by atoms with Crippen LogP contribution in [0.15, 0.2) is 41.6 Å². The maximum absolute atomic E-state index is 14.2. The summed E-state index contributed by atoms with van der Waals surface area (Å²) in [5.74, 6) is -4.96. The quantitative estimate of drug-likeness (QED) is 0.333. The maximum Gasteiger partial charge on any atom is 0.414 e. The second-order valence-corrected chi connectivity index (χ2v) is 8.35. The smallest absolute Gasteiger partial charge is 0.414 e. The van der Waals surface area contributed by atoms with Crippen molar-refractivity contribution >= 4 is 40.9 Å². The van der Waals surface area contributed by atoms with Crippen LogP contribution in [0.4, 0.5) is 32.2 Å². The Morgan fingerprint density at radius 2 is 1.92 bits per heavy atom. The minimum Gasteiger partial charge on any atom is -0.475 e. The highest BCUT2D eigenvalue weighted by Gasteiger charge is 2.28. The number of carboxylic acid groups (broad SMARTS) is 1. The van der Waals surface area contributed by atoms with Crippen LogP contribution in [0, 0.1) is 5.82 Å². The summed E-state index contributed by atoms with van der Waals surface area (Å²) >= 11 is 0. The monoisotopic (exact) mass is 499 g/mol. The first-order chi connectivity index (χ1) is 16.8. The fraction of sp³-hybridized carbons (Fsp3) is 0.227. The van der Waals surface area contributed by atoms with E-state index in [0.29, 0.717) is 0 Å². The lowest BCUT2D eigenvalue weighted by molar-refractivity contribution is -0.131. The molecule has 188 valence electrons. The molecule has 0 aliphatic carbocycles. The number of amides is 1. The Hall–Kier alpha value is -4.88. The summed E-state index contributed by atoms with van der Waals surface area (Å²) in [5, 5.41) is 11.7. The average Bonchev–Trinajstić information content (AvgIpc) is 2.80. The average molecular weight is 499 g/mol. The van der Waals surface area contributed by atoms with E-state index >= 15 is 0 Å². The number of rotatable bonds is 6. The van der Waals surface area contributed by atoms with E-state index in [1.807, 2.05) is 0 Å². The van der Waals surface area contributed by atoms with Gasteiger partial charge >= 0.3 is 12.1 Å². The fourth-order valence-corrected chi connectivity index (χ4v) is 2.93. The number of hydrogen-bond acceptors (Lipinski definition) is 10. The molecule has 3 aromatic rings. The molecule has 0 bridgehead atoms. The van der Waals surface area contributed by atoms with Crippen LogP contribution in [0.25, 0.3) is 5.82 Å². The Morgan fingerprint density at radius 3 is 2.53 bits per heavy atom. The lowest BCUT2D eigenvalue weighted by Crippen LogP contribution is -2.35. The number of hydrogen-bond donors (Lipinski definition) is 3. The van der Waals surface area contributed by atoms with E-state index < -0.39 is 46.2 Å². The highest BCUT2D eigenvalue weighted by molar-refractivity contribution is 6.40.